The van der Waals surface area contributed by atoms with Crippen molar-refractivity contribution in [3.63, 3.8) is 0 Å². The highest BCUT2D eigenvalue weighted by atomic mass is 15.5. The van der Waals surface area contributed by atoms with Crippen LogP contribution in [0, 0.1) is 0 Å². The zero-order valence-corrected chi connectivity index (χ0v) is 14.8. The molecule has 5 nitrogen and oxygen atoms in total. The molecule has 0 radical (unpaired) electrons. The SMILES string of the molecule is CC(C)c1cc(-c2ccccc2)cc(-c2ccccc2)[n+]1-c1nn[nH]n1. The normalized spacial score (nSPS) is 11.0. The summed E-state index contributed by atoms with van der Waals surface area (Å²) in [6, 6.07) is 25.1. The summed E-state index contributed by atoms with van der Waals surface area (Å²) in [5.74, 6) is 0.840. The van der Waals surface area contributed by atoms with Crippen molar-refractivity contribution in [2.24, 2.45) is 0 Å². The maximum atomic E-state index is 4.23. The number of aromatic nitrogens is 5. The highest BCUT2D eigenvalue weighted by Crippen LogP contribution is 2.28. The van der Waals surface area contributed by atoms with Gasteiger partial charge < -0.3 is 0 Å². The molecule has 0 spiro atoms. The molecule has 4 rings (SSSR count). The number of hydrogen-bond donors (Lipinski definition) is 1. The molecule has 0 saturated carbocycles. The molecule has 0 bridgehead atoms. The Kier molecular flexibility index (Phi) is 4.27. The number of nitrogens with one attached hydrogen (secondary N) is 1. The summed E-state index contributed by atoms with van der Waals surface area (Å²) in [6.07, 6.45) is 0. The van der Waals surface area contributed by atoms with E-state index in [-0.39, 0.29) is 0 Å². The van der Waals surface area contributed by atoms with Gasteiger partial charge in [0.1, 0.15) is 5.69 Å². The third kappa shape index (κ3) is 2.99. The average Bonchev–Trinajstić information content (AvgIpc) is 3.22. The van der Waals surface area contributed by atoms with Crippen LogP contribution in [0.4, 0.5) is 0 Å². The minimum Gasteiger partial charge on any atom is -0.192 e. The molecule has 128 valence electrons. The monoisotopic (exact) mass is 342 g/mol. The fourth-order valence-electron chi connectivity index (χ4n) is 3.13. The van der Waals surface area contributed by atoms with Gasteiger partial charge in [-0.15, -0.1) is 0 Å². The van der Waals surface area contributed by atoms with Gasteiger partial charge in [0.05, 0.1) is 10.8 Å². The Morgan fingerprint density at radius 2 is 1.46 bits per heavy atom. The molecular formula is C21H20N5+. The first kappa shape index (κ1) is 16.1. The van der Waals surface area contributed by atoms with Gasteiger partial charge in [0.2, 0.25) is 0 Å². The summed E-state index contributed by atoms with van der Waals surface area (Å²) < 4.78 is 2.08. The van der Waals surface area contributed by atoms with E-state index in [2.05, 4.69) is 87.6 Å². The molecule has 2 heterocycles. The quantitative estimate of drug-likeness (QED) is 0.572. The van der Waals surface area contributed by atoms with Crippen molar-refractivity contribution in [2.45, 2.75) is 19.8 Å². The van der Waals surface area contributed by atoms with Crippen LogP contribution in [-0.4, -0.2) is 20.6 Å². The molecule has 2 aromatic heterocycles. The van der Waals surface area contributed by atoms with E-state index < -0.39 is 0 Å². The van der Waals surface area contributed by atoms with E-state index in [0.29, 0.717) is 11.9 Å². The maximum absolute atomic E-state index is 4.23. The lowest BCUT2D eigenvalue weighted by Gasteiger charge is -2.16. The number of hydrogen-bond acceptors (Lipinski definition) is 3. The van der Waals surface area contributed by atoms with Gasteiger partial charge in [0.15, 0.2) is 0 Å². The van der Waals surface area contributed by atoms with Crippen LogP contribution in [0.2, 0.25) is 0 Å². The first-order chi connectivity index (χ1) is 12.7. The Hall–Kier alpha value is -3.34. The second kappa shape index (κ2) is 6.88. The topological polar surface area (TPSA) is 58.3 Å². The molecule has 2 aromatic carbocycles. The molecule has 0 unspecified atom stereocenters. The molecular weight excluding hydrogens is 322 g/mol. The van der Waals surface area contributed by atoms with E-state index in [1.54, 1.807) is 0 Å². The van der Waals surface area contributed by atoms with Crippen molar-refractivity contribution in [3.05, 3.63) is 78.5 Å². The van der Waals surface area contributed by atoms with Crippen LogP contribution in [-0.2, 0) is 0 Å². The smallest absolute Gasteiger partial charge is 0.192 e. The molecule has 5 heteroatoms. The fourth-order valence-corrected chi connectivity index (χ4v) is 3.13. The standard InChI is InChI=1S/C21H20N5/c1-15(2)19-13-18(16-9-5-3-6-10-16)14-20(17-11-7-4-8-12-17)26(19)21-22-24-25-23-21/h3-15H,1-2H3,(H,22,23,24,25)/q+1. The van der Waals surface area contributed by atoms with Crippen LogP contribution < -0.4 is 4.57 Å². The van der Waals surface area contributed by atoms with Gasteiger partial charge in [-0.3, -0.25) is 0 Å². The van der Waals surface area contributed by atoms with Crippen LogP contribution in [0.25, 0.3) is 28.3 Å². The summed E-state index contributed by atoms with van der Waals surface area (Å²) in [6.45, 7) is 4.35. The number of pyridine rings is 1. The lowest BCUT2D eigenvalue weighted by Crippen LogP contribution is -2.40. The predicted molar refractivity (Wildman–Crippen MR) is 101 cm³/mol. The minimum atomic E-state index is 0.291. The van der Waals surface area contributed by atoms with Crippen molar-refractivity contribution >= 4 is 0 Å². The number of tetrazole rings is 1. The molecule has 0 aliphatic rings. The first-order valence-electron chi connectivity index (χ1n) is 8.68. The van der Waals surface area contributed by atoms with E-state index in [4.69, 9.17) is 0 Å². The first-order valence-corrected chi connectivity index (χ1v) is 8.68. The molecule has 4 aromatic rings. The largest absolute Gasteiger partial charge is 0.483 e. The highest BCUT2D eigenvalue weighted by molar-refractivity contribution is 5.69. The number of nitrogens with zero attached hydrogens (tertiary/aromatic N) is 4. The van der Waals surface area contributed by atoms with Crippen LogP contribution in [0.15, 0.2) is 72.8 Å². The lowest BCUT2D eigenvalue weighted by atomic mass is 9.98. The van der Waals surface area contributed by atoms with E-state index in [9.17, 15) is 0 Å². The molecule has 0 atom stereocenters. The van der Waals surface area contributed by atoms with Gasteiger partial charge in [0.25, 0.3) is 0 Å². The van der Waals surface area contributed by atoms with Gasteiger partial charge >= 0.3 is 5.95 Å². The Morgan fingerprint density at radius 3 is 2.04 bits per heavy atom. The zero-order valence-electron chi connectivity index (χ0n) is 14.8. The van der Waals surface area contributed by atoms with Crippen LogP contribution >= 0.6 is 0 Å². The van der Waals surface area contributed by atoms with Gasteiger partial charge in [-0.05, 0) is 23.3 Å². The Labute approximate surface area is 152 Å². The third-order valence-electron chi connectivity index (χ3n) is 4.40. The van der Waals surface area contributed by atoms with Crippen molar-refractivity contribution in [3.8, 4) is 28.3 Å². The van der Waals surface area contributed by atoms with Crippen molar-refractivity contribution in [2.75, 3.05) is 0 Å². The average molecular weight is 342 g/mol. The zero-order chi connectivity index (χ0) is 17.9. The minimum absolute atomic E-state index is 0.291. The van der Waals surface area contributed by atoms with E-state index >= 15 is 0 Å². The second-order valence-electron chi connectivity index (χ2n) is 6.49. The van der Waals surface area contributed by atoms with Gasteiger partial charge in [-0.2, -0.15) is 4.57 Å². The van der Waals surface area contributed by atoms with Crippen molar-refractivity contribution < 1.29 is 4.57 Å². The second-order valence-corrected chi connectivity index (χ2v) is 6.49. The molecule has 0 amide bonds. The number of aromatic amines is 1. The summed E-state index contributed by atoms with van der Waals surface area (Å²) in [4.78, 5) is 0. The number of H-pyrrole nitrogens is 1. The van der Waals surface area contributed by atoms with Crippen LogP contribution in [0.5, 0.6) is 0 Å². The molecule has 0 fully saturated rings. The Bertz CT molecular complexity index is 994. The molecule has 0 aliphatic heterocycles. The van der Waals surface area contributed by atoms with Gasteiger partial charge in [-0.1, -0.05) is 79.7 Å². The Balaban J connectivity index is 2.04. The molecule has 26 heavy (non-hydrogen) atoms. The van der Waals surface area contributed by atoms with Crippen LogP contribution in [0.1, 0.15) is 25.5 Å². The molecule has 0 saturated heterocycles. The van der Waals surface area contributed by atoms with E-state index in [0.717, 1.165) is 17.0 Å². The van der Waals surface area contributed by atoms with Crippen molar-refractivity contribution in [1.29, 1.82) is 0 Å². The predicted octanol–water partition coefficient (Wildman–Crippen LogP) is 3.93. The third-order valence-corrected chi connectivity index (χ3v) is 4.40. The fraction of sp³-hybridized carbons (Fsp3) is 0.143. The summed E-state index contributed by atoms with van der Waals surface area (Å²) in [5, 5.41) is 14.8. The van der Waals surface area contributed by atoms with Crippen LogP contribution in [0.3, 0.4) is 0 Å². The maximum Gasteiger partial charge on any atom is 0.483 e. The summed E-state index contributed by atoms with van der Waals surface area (Å²) in [5.41, 5.74) is 5.64. The molecule has 0 aliphatic carbocycles. The summed E-state index contributed by atoms with van der Waals surface area (Å²) >= 11 is 0. The number of benzene rings is 2. The summed E-state index contributed by atoms with van der Waals surface area (Å²) in [7, 11) is 0. The van der Waals surface area contributed by atoms with E-state index in [1.165, 1.54) is 11.1 Å². The lowest BCUT2D eigenvalue weighted by molar-refractivity contribution is -0.602. The van der Waals surface area contributed by atoms with Gasteiger partial charge in [-0.25, -0.2) is 0 Å². The van der Waals surface area contributed by atoms with E-state index in [1.807, 2.05) is 24.3 Å². The van der Waals surface area contributed by atoms with Gasteiger partial charge in [0, 0.05) is 21.8 Å². The Morgan fingerprint density at radius 1 is 0.808 bits per heavy atom. The van der Waals surface area contributed by atoms with Crippen molar-refractivity contribution in [1.82, 2.24) is 20.6 Å². The number of rotatable bonds is 4. The highest BCUT2D eigenvalue weighted by Gasteiger charge is 2.25. The molecule has 1 N–H and O–H groups in total.